The molecule has 0 amide bonds. The zero-order chi connectivity index (χ0) is 15.9. The number of carbonyl (C=O) groups excluding carboxylic acids is 1. The third-order valence-electron chi connectivity index (χ3n) is 5.42. The molecule has 4 rings (SSSR count). The number of fused-ring (bicyclic) bond motifs is 2. The number of nitrogens with zero attached hydrogens (tertiary/aromatic N) is 1. The van der Waals surface area contributed by atoms with Crippen LogP contribution in [-0.2, 0) is 11.8 Å². The molecule has 1 heterocycles. The van der Waals surface area contributed by atoms with Crippen LogP contribution in [0.1, 0.15) is 27.9 Å². The average Bonchev–Trinajstić information content (AvgIpc) is 2.82. The third kappa shape index (κ3) is 2.21. The van der Waals surface area contributed by atoms with E-state index in [-0.39, 0.29) is 11.3 Å². The summed E-state index contributed by atoms with van der Waals surface area (Å²) in [6.07, 6.45) is 6.23. The van der Waals surface area contributed by atoms with E-state index in [9.17, 15) is 4.79 Å². The number of ketones is 1. The number of Topliss-reactive ketones (excluding diaryl/α,β-unsaturated/α-hetero) is 1. The predicted molar refractivity (Wildman–Crippen MR) is 92.5 cm³/mol. The molecule has 0 bridgehead atoms. The summed E-state index contributed by atoms with van der Waals surface area (Å²) in [7, 11) is 2.10. The second kappa shape index (κ2) is 5.38. The highest BCUT2D eigenvalue weighted by molar-refractivity contribution is 6.04. The van der Waals surface area contributed by atoms with Crippen LogP contribution in [0.25, 0.3) is 0 Å². The predicted octanol–water partition coefficient (Wildman–Crippen LogP) is 3.83. The number of carbonyl (C=O) groups is 1. The highest BCUT2D eigenvalue weighted by Crippen LogP contribution is 2.49. The van der Waals surface area contributed by atoms with Gasteiger partial charge in [0.25, 0.3) is 0 Å². The summed E-state index contributed by atoms with van der Waals surface area (Å²) in [5.41, 5.74) is 3.24. The Bertz CT molecular complexity index is 764. The highest BCUT2D eigenvalue weighted by Gasteiger charge is 2.50. The van der Waals surface area contributed by atoms with Gasteiger partial charge in [-0.05, 0) is 30.2 Å². The van der Waals surface area contributed by atoms with Crippen molar-refractivity contribution >= 4 is 5.78 Å². The first kappa shape index (κ1) is 14.3. The number of benzene rings is 2. The first-order valence-electron chi connectivity index (χ1n) is 8.28. The minimum atomic E-state index is -0.143. The van der Waals surface area contributed by atoms with Crippen LogP contribution in [0.5, 0.6) is 0 Å². The Morgan fingerprint density at radius 3 is 2.57 bits per heavy atom. The number of hydrogen-bond donors (Lipinski definition) is 0. The van der Waals surface area contributed by atoms with Gasteiger partial charge in [-0.2, -0.15) is 0 Å². The van der Waals surface area contributed by atoms with Crippen LogP contribution < -0.4 is 0 Å². The first-order valence-corrected chi connectivity index (χ1v) is 8.28. The second-order valence-corrected chi connectivity index (χ2v) is 6.74. The van der Waals surface area contributed by atoms with E-state index in [4.69, 9.17) is 0 Å². The fourth-order valence-corrected chi connectivity index (χ4v) is 4.13. The summed E-state index contributed by atoms with van der Waals surface area (Å²) in [4.78, 5) is 15.3. The quantitative estimate of drug-likeness (QED) is 0.840. The number of hydrogen-bond acceptors (Lipinski definition) is 2. The minimum Gasteiger partial charge on any atom is -0.381 e. The fraction of sp³-hybridized carbons (Fsp3) is 0.286. The van der Waals surface area contributed by atoms with Gasteiger partial charge < -0.3 is 4.90 Å². The molecule has 0 aromatic heterocycles. The Balaban J connectivity index is 1.81. The van der Waals surface area contributed by atoms with Gasteiger partial charge in [0.05, 0.1) is 0 Å². The van der Waals surface area contributed by atoms with Gasteiger partial charge >= 0.3 is 0 Å². The van der Waals surface area contributed by atoms with E-state index in [0.717, 1.165) is 24.9 Å². The fourth-order valence-electron chi connectivity index (χ4n) is 4.13. The molecule has 2 atom stereocenters. The molecule has 0 saturated heterocycles. The van der Waals surface area contributed by atoms with Crippen LogP contribution in [0.15, 0.2) is 66.9 Å². The van der Waals surface area contributed by atoms with Gasteiger partial charge in [-0.3, -0.25) is 4.79 Å². The van der Waals surface area contributed by atoms with Gasteiger partial charge in [-0.1, -0.05) is 60.7 Å². The highest BCUT2D eigenvalue weighted by atomic mass is 16.1. The van der Waals surface area contributed by atoms with Gasteiger partial charge in [-0.15, -0.1) is 0 Å². The SMILES string of the molecule is CN1C=CC2(CC1)c1ccccc1C(=O)C2Cc1ccccc1. The first-order chi connectivity index (χ1) is 11.2. The van der Waals surface area contributed by atoms with Gasteiger partial charge in [0, 0.05) is 30.5 Å². The van der Waals surface area contributed by atoms with Crippen molar-refractivity contribution in [3.63, 3.8) is 0 Å². The molecule has 1 aliphatic carbocycles. The minimum absolute atomic E-state index is 0.00671. The topological polar surface area (TPSA) is 20.3 Å². The molecule has 2 aromatic rings. The summed E-state index contributed by atoms with van der Waals surface area (Å²) < 4.78 is 0. The smallest absolute Gasteiger partial charge is 0.167 e. The van der Waals surface area contributed by atoms with Gasteiger partial charge in [0.15, 0.2) is 5.78 Å². The standard InChI is InChI=1S/C21H21NO/c1-22-13-11-21(12-14-22)18-10-6-5-9-17(18)20(23)19(21)15-16-7-3-2-4-8-16/h2-11,13,19H,12,14-15H2,1H3. The maximum Gasteiger partial charge on any atom is 0.167 e. The van der Waals surface area contributed by atoms with Gasteiger partial charge in [0.2, 0.25) is 0 Å². The van der Waals surface area contributed by atoms with E-state index >= 15 is 0 Å². The second-order valence-electron chi connectivity index (χ2n) is 6.74. The normalized spacial score (nSPS) is 25.9. The summed E-state index contributed by atoms with van der Waals surface area (Å²) in [6, 6.07) is 18.6. The lowest BCUT2D eigenvalue weighted by Crippen LogP contribution is -2.39. The van der Waals surface area contributed by atoms with E-state index in [1.807, 2.05) is 18.2 Å². The van der Waals surface area contributed by atoms with Crippen LogP contribution in [0.2, 0.25) is 0 Å². The van der Waals surface area contributed by atoms with E-state index < -0.39 is 0 Å². The molecule has 0 N–H and O–H groups in total. The van der Waals surface area contributed by atoms with Gasteiger partial charge in [-0.25, -0.2) is 0 Å². The maximum absolute atomic E-state index is 13.1. The van der Waals surface area contributed by atoms with Crippen molar-refractivity contribution in [2.75, 3.05) is 13.6 Å². The van der Waals surface area contributed by atoms with Crippen molar-refractivity contribution in [2.24, 2.45) is 5.92 Å². The monoisotopic (exact) mass is 303 g/mol. The van der Waals surface area contributed by atoms with Gasteiger partial charge in [0.1, 0.15) is 0 Å². The number of rotatable bonds is 2. The molecule has 0 fully saturated rings. The maximum atomic E-state index is 13.1. The van der Waals surface area contributed by atoms with E-state index in [2.05, 4.69) is 60.6 Å². The largest absolute Gasteiger partial charge is 0.381 e. The molecular formula is C21H21NO. The average molecular weight is 303 g/mol. The van der Waals surface area contributed by atoms with Crippen LogP contribution in [-0.4, -0.2) is 24.3 Å². The van der Waals surface area contributed by atoms with Crippen LogP contribution in [0, 0.1) is 5.92 Å². The van der Waals surface area contributed by atoms with Crippen molar-refractivity contribution in [3.05, 3.63) is 83.6 Å². The molecule has 2 heteroatoms. The lowest BCUT2D eigenvalue weighted by atomic mass is 9.69. The molecule has 2 nitrogen and oxygen atoms in total. The zero-order valence-corrected chi connectivity index (χ0v) is 13.4. The molecule has 0 saturated carbocycles. The Morgan fingerprint density at radius 1 is 1.09 bits per heavy atom. The lowest BCUT2D eigenvalue weighted by Gasteiger charge is -2.38. The molecule has 2 aromatic carbocycles. The molecular weight excluding hydrogens is 282 g/mol. The summed E-state index contributed by atoms with van der Waals surface area (Å²) in [6.45, 7) is 0.989. The Hall–Kier alpha value is -2.35. The Morgan fingerprint density at radius 2 is 1.83 bits per heavy atom. The molecule has 2 aliphatic rings. The van der Waals surface area contributed by atoms with Crippen molar-refractivity contribution < 1.29 is 4.79 Å². The van der Waals surface area contributed by atoms with Crippen LogP contribution in [0.4, 0.5) is 0 Å². The lowest BCUT2D eigenvalue weighted by molar-refractivity contribution is 0.0889. The number of allylic oxidation sites excluding steroid dienone is 1. The molecule has 1 spiro atoms. The Labute approximate surface area is 137 Å². The molecule has 2 unspecified atom stereocenters. The van der Waals surface area contributed by atoms with E-state index in [1.165, 1.54) is 11.1 Å². The van der Waals surface area contributed by atoms with E-state index in [1.54, 1.807) is 0 Å². The third-order valence-corrected chi connectivity index (χ3v) is 5.42. The molecule has 1 aliphatic heterocycles. The van der Waals surface area contributed by atoms with Crippen molar-refractivity contribution in [1.82, 2.24) is 4.90 Å². The van der Waals surface area contributed by atoms with Crippen LogP contribution in [0.3, 0.4) is 0 Å². The molecule has 23 heavy (non-hydrogen) atoms. The summed E-state index contributed by atoms with van der Waals surface area (Å²) in [5.74, 6) is 0.311. The zero-order valence-electron chi connectivity index (χ0n) is 13.4. The van der Waals surface area contributed by atoms with Crippen LogP contribution >= 0.6 is 0 Å². The van der Waals surface area contributed by atoms with Crippen molar-refractivity contribution in [3.8, 4) is 0 Å². The van der Waals surface area contributed by atoms with E-state index in [0.29, 0.717) is 5.78 Å². The van der Waals surface area contributed by atoms with Crippen molar-refractivity contribution in [1.29, 1.82) is 0 Å². The summed E-state index contributed by atoms with van der Waals surface area (Å²) in [5, 5.41) is 0. The molecule has 116 valence electrons. The van der Waals surface area contributed by atoms with Crippen molar-refractivity contribution in [2.45, 2.75) is 18.3 Å². The summed E-state index contributed by atoms with van der Waals surface area (Å²) >= 11 is 0. The Kier molecular flexibility index (Phi) is 3.33. The molecule has 0 radical (unpaired) electrons.